The van der Waals surface area contributed by atoms with E-state index in [2.05, 4.69) is 94.7 Å². The molecule has 4 heteroatoms. The molecule has 2 aliphatic heterocycles. The molecule has 0 amide bonds. The van der Waals surface area contributed by atoms with Crippen molar-refractivity contribution in [3.8, 4) is 0 Å². The molecule has 2 heterocycles. The van der Waals surface area contributed by atoms with Crippen molar-refractivity contribution in [2.75, 3.05) is 17.5 Å². The number of nitrogens with zero attached hydrogens (tertiary/aromatic N) is 2. The molecule has 0 bridgehead atoms. The Hall–Kier alpha value is -1.75. The fraction of sp³-hybridized carbons (Fsp3) is 0.190. The second-order valence-corrected chi connectivity index (χ2v) is 7.07. The Labute approximate surface area is 154 Å². The van der Waals surface area contributed by atoms with Crippen LogP contribution in [0.15, 0.2) is 72.5 Å². The molecule has 0 saturated carbocycles. The van der Waals surface area contributed by atoms with Gasteiger partial charge in [0.25, 0.3) is 0 Å². The molecule has 4 rings (SSSR count). The molecule has 0 spiro atoms. The SMILES string of the molecule is PCN1C(=CC=CC2=[N+](CP)c3ccccc3C2)Cc2ccccc21. The maximum absolute atomic E-state index is 2.85. The van der Waals surface area contributed by atoms with Crippen LogP contribution in [0.3, 0.4) is 0 Å². The summed E-state index contributed by atoms with van der Waals surface area (Å²) in [5.41, 5.74) is 8.23. The monoisotopic (exact) mass is 365 g/mol. The number of hydrogen-bond donors (Lipinski definition) is 0. The van der Waals surface area contributed by atoms with Gasteiger partial charge in [-0.15, -0.1) is 9.24 Å². The third-order valence-electron chi connectivity index (χ3n) is 4.94. The summed E-state index contributed by atoms with van der Waals surface area (Å²) in [5, 5.41) is 0. The van der Waals surface area contributed by atoms with E-state index in [4.69, 9.17) is 0 Å². The predicted molar refractivity (Wildman–Crippen MR) is 114 cm³/mol. The van der Waals surface area contributed by atoms with Gasteiger partial charge in [-0.05, 0) is 17.7 Å². The van der Waals surface area contributed by atoms with Gasteiger partial charge in [0, 0.05) is 41.8 Å². The molecule has 2 nitrogen and oxygen atoms in total. The first-order valence-corrected chi connectivity index (χ1v) is 10.3. The Kier molecular flexibility index (Phi) is 4.84. The maximum atomic E-state index is 2.85. The molecule has 25 heavy (non-hydrogen) atoms. The van der Waals surface area contributed by atoms with Gasteiger partial charge in [-0.25, -0.2) is 0 Å². The lowest BCUT2D eigenvalue weighted by molar-refractivity contribution is -0.412. The molecule has 0 fully saturated rings. The largest absolute Gasteiger partial charge is 0.341 e. The van der Waals surface area contributed by atoms with Gasteiger partial charge in [-0.2, -0.15) is 4.58 Å². The zero-order valence-electron chi connectivity index (χ0n) is 14.2. The van der Waals surface area contributed by atoms with Gasteiger partial charge in [0.1, 0.15) is 0 Å². The van der Waals surface area contributed by atoms with E-state index in [1.165, 1.54) is 33.9 Å². The van der Waals surface area contributed by atoms with Crippen molar-refractivity contribution < 1.29 is 4.58 Å². The second kappa shape index (κ2) is 7.24. The van der Waals surface area contributed by atoms with Gasteiger partial charge in [0.05, 0.1) is 6.42 Å². The van der Waals surface area contributed by atoms with Crippen molar-refractivity contribution in [3.05, 3.63) is 83.6 Å². The van der Waals surface area contributed by atoms with Gasteiger partial charge in [-0.3, -0.25) is 0 Å². The van der Waals surface area contributed by atoms with Gasteiger partial charge in [0.2, 0.25) is 5.69 Å². The first kappa shape index (κ1) is 16.7. The summed E-state index contributed by atoms with van der Waals surface area (Å²) in [4.78, 5) is 2.38. The minimum Gasteiger partial charge on any atom is -0.341 e. The highest BCUT2D eigenvalue weighted by Gasteiger charge is 2.26. The van der Waals surface area contributed by atoms with Crippen LogP contribution in [0.5, 0.6) is 0 Å². The summed E-state index contributed by atoms with van der Waals surface area (Å²) in [6.07, 6.45) is 10.6. The van der Waals surface area contributed by atoms with E-state index in [-0.39, 0.29) is 0 Å². The molecule has 0 aromatic heterocycles. The summed E-state index contributed by atoms with van der Waals surface area (Å²) < 4.78 is 2.38. The van der Waals surface area contributed by atoms with Crippen molar-refractivity contribution in [1.29, 1.82) is 0 Å². The third kappa shape index (κ3) is 3.10. The number of anilines is 1. The minimum absolute atomic E-state index is 0.927. The van der Waals surface area contributed by atoms with Crippen LogP contribution >= 0.6 is 18.5 Å². The van der Waals surface area contributed by atoms with Crippen LogP contribution in [0.1, 0.15) is 11.1 Å². The smallest absolute Gasteiger partial charge is 0.209 e. The van der Waals surface area contributed by atoms with Crippen molar-refractivity contribution in [3.63, 3.8) is 0 Å². The van der Waals surface area contributed by atoms with Crippen LogP contribution in [0.25, 0.3) is 0 Å². The zero-order chi connectivity index (χ0) is 17.2. The predicted octanol–water partition coefficient (Wildman–Crippen LogP) is 4.50. The van der Waals surface area contributed by atoms with Crippen molar-refractivity contribution in [2.45, 2.75) is 12.8 Å². The third-order valence-corrected chi connectivity index (χ3v) is 5.67. The van der Waals surface area contributed by atoms with Crippen LogP contribution in [0, 0.1) is 0 Å². The van der Waals surface area contributed by atoms with E-state index in [1.54, 1.807) is 0 Å². The fourth-order valence-corrected chi connectivity index (χ4v) is 4.60. The summed E-state index contributed by atoms with van der Waals surface area (Å²) >= 11 is 0. The number of rotatable bonds is 4. The van der Waals surface area contributed by atoms with Gasteiger partial charge < -0.3 is 4.90 Å². The number of benzene rings is 2. The average Bonchev–Trinajstić information content (AvgIpc) is 3.18. The van der Waals surface area contributed by atoms with Crippen LogP contribution in [-0.2, 0) is 12.8 Å². The van der Waals surface area contributed by atoms with E-state index in [0.717, 1.165) is 25.4 Å². The van der Waals surface area contributed by atoms with Gasteiger partial charge >= 0.3 is 0 Å². The molecular weight excluding hydrogens is 342 g/mol. The topological polar surface area (TPSA) is 6.25 Å². The minimum atomic E-state index is 0.927. The molecule has 2 unspecified atom stereocenters. The zero-order valence-corrected chi connectivity index (χ0v) is 16.5. The molecule has 0 saturated heterocycles. The molecule has 2 aromatic carbocycles. The molecular formula is C21H23N2P2+. The lowest BCUT2D eigenvalue weighted by Crippen LogP contribution is -2.15. The van der Waals surface area contributed by atoms with E-state index in [9.17, 15) is 0 Å². The van der Waals surface area contributed by atoms with Crippen molar-refractivity contribution >= 4 is 35.6 Å². The lowest BCUT2D eigenvalue weighted by atomic mass is 10.1. The molecule has 0 N–H and O–H groups in total. The molecule has 2 aliphatic rings. The number of allylic oxidation sites excluding steroid dienone is 4. The van der Waals surface area contributed by atoms with Crippen LogP contribution in [0.4, 0.5) is 11.4 Å². The molecule has 0 aliphatic carbocycles. The highest BCUT2D eigenvalue weighted by atomic mass is 31.0. The van der Waals surface area contributed by atoms with E-state index >= 15 is 0 Å². The van der Waals surface area contributed by atoms with Gasteiger partial charge in [0.15, 0.2) is 12.0 Å². The Morgan fingerprint density at radius 1 is 0.960 bits per heavy atom. The Morgan fingerprint density at radius 3 is 2.52 bits per heavy atom. The normalized spacial score (nSPS) is 17.7. The Morgan fingerprint density at radius 2 is 1.72 bits per heavy atom. The first-order chi connectivity index (χ1) is 12.3. The van der Waals surface area contributed by atoms with Crippen LogP contribution < -0.4 is 4.90 Å². The second-order valence-electron chi connectivity index (χ2n) is 6.34. The quantitative estimate of drug-likeness (QED) is 0.571. The highest BCUT2D eigenvalue weighted by Crippen LogP contribution is 2.34. The van der Waals surface area contributed by atoms with E-state index in [1.807, 2.05) is 0 Å². The number of hydrogen-bond acceptors (Lipinski definition) is 1. The standard InChI is InChI=1S/C21H23N2P2/c24-14-22-18(12-16-6-1-3-10-20(16)22)8-5-9-19-13-17-7-2-4-11-21(17)23(19)15-25/h1-11H,12-15,24-25H2/q+1. The summed E-state index contributed by atoms with van der Waals surface area (Å²) in [5.74, 6) is 0. The summed E-state index contributed by atoms with van der Waals surface area (Å²) in [7, 11) is 5.69. The summed E-state index contributed by atoms with van der Waals surface area (Å²) in [6.45, 7) is 0. The Bertz CT molecular complexity index is 896. The highest BCUT2D eigenvalue weighted by molar-refractivity contribution is 7.16. The van der Waals surface area contributed by atoms with E-state index < -0.39 is 0 Å². The first-order valence-electron chi connectivity index (χ1n) is 8.66. The van der Waals surface area contributed by atoms with Crippen LogP contribution in [0.2, 0.25) is 0 Å². The number of fused-ring (bicyclic) bond motifs is 2. The Balaban J connectivity index is 1.58. The van der Waals surface area contributed by atoms with Crippen LogP contribution in [-0.4, -0.2) is 22.9 Å². The van der Waals surface area contributed by atoms with E-state index in [0.29, 0.717) is 0 Å². The molecule has 0 radical (unpaired) electrons. The maximum Gasteiger partial charge on any atom is 0.209 e. The number of para-hydroxylation sites is 2. The summed E-state index contributed by atoms with van der Waals surface area (Å²) in [6, 6.07) is 17.4. The van der Waals surface area contributed by atoms with Crippen molar-refractivity contribution in [2.24, 2.45) is 0 Å². The lowest BCUT2D eigenvalue weighted by Gasteiger charge is -2.18. The fourth-order valence-electron chi connectivity index (χ4n) is 3.74. The molecule has 126 valence electrons. The van der Waals surface area contributed by atoms with Crippen molar-refractivity contribution in [1.82, 2.24) is 0 Å². The average molecular weight is 365 g/mol. The molecule has 2 aromatic rings. The van der Waals surface area contributed by atoms with Gasteiger partial charge in [-0.1, -0.05) is 51.7 Å². The molecule has 2 atom stereocenters.